The molecule has 1 N–H and O–H groups in total. The lowest BCUT2D eigenvalue weighted by Gasteiger charge is -2.23. The van der Waals surface area contributed by atoms with Crippen molar-refractivity contribution in [3.05, 3.63) is 75.6 Å². The number of ether oxygens (including phenoxy) is 1. The molecule has 3 aromatic heterocycles. The van der Waals surface area contributed by atoms with Gasteiger partial charge in [0.25, 0.3) is 0 Å². The Morgan fingerprint density at radius 3 is 2.81 bits per heavy atom. The zero-order chi connectivity index (χ0) is 26.3. The quantitative estimate of drug-likeness (QED) is 0.109. The molecule has 1 aliphatic heterocycles. The molecule has 188 valence electrons. The van der Waals surface area contributed by atoms with E-state index in [0.717, 1.165) is 6.20 Å². The van der Waals surface area contributed by atoms with Gasteiger partial charge in [-0.1, -0.05) is 24.3 Å². The first-order chi connectivity index (χ1) is 17.8. The summed E-state index contributed by atoms with van der Waals surface area (Å²) in [5, 5.41) is 7.50. The van der Waals surface area contributed by atoms with Crippen LogP contribution in [-0.4, -0.2) is 43.2 Å². The van der Waals surface area contributed by atoms with Crippen LogP contribution in [0.5, 0.6) is 0 Å². The number of nitrogens with zero attached hydrogens (tertiary/aromatic N) is 5. The van der Waals surface area contributed by atoms with E-state index in [1.54, 1.807) is 25.1 Å². The number of hydrogen-bond donors (Lipinski definition) is 1. The van der Waals surface area contributed by atoms with Crippen LogP contribution < -0.4 is 5.32 Å². The number of pyridine rings is 1. The van der Waals surface area contributed by atoms with E-state index in [2.05, 4.69) is 31.9 Å². The fourth-order valence-electron chi connectivity index (χ4n) is 4.38. The van der Waals surface area contributed by atoms with Crippen molar-refractivity contribution in [1.29, 1.82) is 0 Å². The number of fused-ring (bicyclic) bond motifs is 2. The van der Waals surface area contributed by atoms with Crippen LogP contribution in [0.4, 0.5) is 14.6 Å². The summed E-state index contributed by atoms with van der Waals surface area (Å²) in [5.74, 6) is -2.16. The first kappa shape index (κ1) is 24.9. The van der Waals surface area contributed by atoms with Crippen molar-refractivity contribution < 1.29 is 23.1 Å². The topological polar surface area (TPSA) is 112 Å². The molecule has 12 heteroatoms. The van der Waals surface area contributed by atoms with Crippen molar-refractivity contribution in [3.63, 3.8) is 0 Å². The Hall–Kier alpha value is -3.81. The van der Waals surface area contributed by atoms with E-state index in [9.17, 15) is 18.4 Å². The third-order valence-electron chi connectivity index (χ3n) is 6.03. The molecule has 1 atom stereocenters. The minimum absolute atomic E-state index is 0.0152. The monoisotopic (exact) mass is 616 g/mol. The Kier molecular flexibility index (Phi) is 6.43. The summed E-state index contributed by atoms with van der Waals surface area (Å²) in [6, 6.07) is 7.47. The lowest BCUT2D eigenvalue weighted by Crippen LogP contribution is -2.44. The van der Waals surface area contributed by atoms with Crippen molar-refractivity contribution in [3.8, 4) is 11.5 Å². The van der Waals surface area contributed by atoms with Crippen molar-refractivity contribution >= 4 is 51.3 Å². The Morgan fingerprint density at radius 1 is 1.30 bits per heavy atom. The number of aromatic nitrogens is 5. The van der Waals surface area contributed by atoms with E-state index < -0.39 is 28.9 Å². The SMILES string of the molecule is C=CCC1(C(=O)OCC)C(=O)Nc2nc(-c3nn(Cc4ccccc4F)c4ncc(F)cc34)nc(I)c21. The van der Waals surface area contributed by atoms with Gasteiger partial charge in [-0.15, -0.1) is 6.58 Å². The summed E-state index contributed by atoms with van der Waals surface area (Å²) in [4.78, 5) is 39.2. The van der Waals surface area contributed by atoms with Crippen LogP contribution in [0.1, 0.15) is 24.5 Å². The van der Waals surface area contributed by atoms with Crippen molar-refractivity contribution in [1.82, 2.24) is 24.7 Å². The zero-order valence-corrected chi connectivity index (χ0v) is 21.6. The minimum Gasteiger partial charge on any atom is -0.465 e. The van der Waals surface area contributed by atoms with E-state index in [0.29, 0.717) is 20.3 Å². The second kappa shape index (κ2) is 9.57. The Morgan fingerprint density at radius 2 is 2.08 bits per heavy atom. The Labute approximate surface area is 223 Å². The van der Waals surface area contributed by atoms with Gasteiger partial charge in [-0.05, 0) is 48.1 Å². The van der Waals surface area contributed by atoms with Gasteiger partial charge in [0.1, 0.15) is 26.8 Å². The summed E-state index contributed by atoms with van der Waals surface area (Å²) in [6.45, 7) is 5.45. The molecule has 1 amide bonds. The first-order valence-electron chi connectivity index (χ1n) is 11.2. The average Bonchev–Trinajstić information content (AvgIpc) is 3.36. The number of hydrogen-bond acceptors (Lipinski definition) is 7. The smallest absolute Gasteiger partial charge is 0.326 e. The number of allylic oxidation sites excluding steroid dienone is 1. The van der Waals surface area contributed by atoms with Crippen LogP contribution in [0.15, 0.2) is 49.2 Å². The van der Waals surface area contributed by atoms with Crippen LogP contribution in [0, 0.1) is 15.3 Å². The summed E-state index contributed by atoms with van der Waals surface area (Å²) in [7, 11) is 0. The van der Waals surface area contributed by atoms with Crippen LogP contribution >= 0.6 is 22.6 Å². The zero-order valence-electron chi connectivity index (χ0n) is 19.5. The van der Waals surface area contributed by atoms with E-state index in [1.165, 1.54) is 22.9 Å². The molecule has 0 aliphatic carbocycles. The molecule has 1 aliphatic rings. The van der Waals surface area contributed by atoms with Crippen LogP contribution in [0.25, 0.3) is 22.6 Å². The maximum absolute atomic E-state index is 14.3. The van der Waals surface area contributed by atoms with Crippen molar-refractivity contribution in [2.45, 2.75) is 25.3 Å². The third-order valence-corrected chi connectivity index (χ3v) is 6.81. The molecular formula is C25H19F2IN6O3. The second-order valence-corrected chi connectivity index (χ2v) is 9.28. The van der Waals surface area contributed by atoms with Crippen molar-refractivity contribution in [2.75, 3.05) is 11.9 Å². The van der Waals surface area contributed by atoms with E-state index >= 15 is 0 Å². The number of amides is 1. The molecule has 9 nitrogen and oxygen atoms in total. The Balaban J connectivity index is 1.67. The number of rotatable bonds is 7. The third kappa shape index (κ3) is 4.04. The van der Waals surface area contributed by atoms with Gasteiger partial charge in [-0.25, -0.2) is 28.4 Å². The lowest BCUT2D eigenvalue weighted by molar-refractivity contribution is -0.153. The number of halogens is 3. The molecule has 0 spiro atoms. The van der Waals surface area contributed by atoms with Gasteiger partial charge in [0.05, 0.1) is 30.3 Å². The number of carbonyl (C=O) groups excluding carboxylic acids is 2. The molecule has 0 bridgehead atoms. The highest BCUT2D eigenvalue weighted by atomic mass is 127. The molecule has 0 fully saturated rings. The molecule has 4 heterocycles. The lowest BCUT2D eigenvalue weighted by atomic mass is 9.79. The normalized spacial score (nSPS) is 16.5. The van der Waals surface area contributed by atoms with Gasteiger partial charge in [-0.3, -0.25) is 9.59 Å². The van der Waals surface area contributed by atoms with Crippen LogP contribution in [0.2, 0.25) is 0 Å². The predicted molar refractivity (Wildman–Crippen MR) is 138 cm³/mol. The minimum atomic E-state index is -1.68. The molecule has 0 saturated heterocycles. The van der Waals surface area contributed by atoms with Gasteiger partial charge in [0.15, 0.2) is 16.9 Å². The number of carbonyl (C=O) groups is 2. The fraction of sp³-hybridized carbons (Fsp3) is 0.200. The fourth-order valence-corrected chi connectivity index (χ4v) is 5.32. The Bertz CT molecular complexity index is 1590. The molecule has 5 rings (SSSR count). The number of benzene rings is 1. The summed E-state index contributed by atoms with van der Waals surface area (Å²) in [5.41, 5.74) is -0.548. The maximum atomic E-state index is 14.3. The van der Waals surface area contributed by atoms with Crippen LogP contribution in [-0.2, 0) is 26.3 Å². The second-order valence-electron chi connectivity index (χ2n) is 8.26. The number of anilines is 1. The van der Waals surface area contributed by atoms with Gasteiger partial charge in [0, 0.05) is 5.56 Å². The van der Waals surface area contributed by atoms with Gasteiger partial charge < -0.3 is 10.1 Å². The molecule has 1 aromatic carbocycles. The highest BCUT2D eigenvalue weighted by Crippen LogP contribution is 2.44. The molecule has 0 saturated carbocycles. The van der Waals surface area contributed by atoms with E-state index in [-0.39, 0.29) is 42.5 Å². The van der Waals surface area contributed by atoms with Crippen molar-refractivity contribution in [2.24, 2.45) is 0 Å². The number of nitrogens with one attached hydrogen (secondary N) is 1. The van der Waals surface area contributed by atoms with Gasteiger partial charge >= 0.3 is 5.97 Å². The molecule has 1 unspecified atom stereocenters. The molecule has 37 heavy (non-hydrogen) atoms. The number of esters is 1. The molecule has 4 aromatic rings. The van der Waals surface area contributed by atoms with E-state index in [1.807, 2.05) is 22.6 Å². The largest absolute Gasteiger partial charge is 0.465 e. The highest BCUT2D eigenvalue weighted by molar-refractivity contribution is 14.1. The van der Waals surface area contributed by atoms with Gasteiger partial charge in [0.2, 0.25) is 5.91 Å². The average molecular weight is 616 g/mol. The first-order valence-corrected chi connectivity index (χ1v) is 12.3. The standard InChI is InChI=1S/C25H19F2IN6O3/c1-3-9-25(24(36)37-4-2)17-19(28)30-21(31-20(17)32-23(25)35)18-15-10-14(26)11-29-22(15)34(33-18)12-13-7-5-6-8-16(13)27/h3,5-8,10-11H,1,4,9,12H2,2H3,(H,30,31,32,35). The predicted octanol–water partition coefficient (Wildman–Crippen LogP) is 4.15. The van der Waals surface area contributed by atoms with E-state index in [4.69, 9.17) is 4.74 Å². The summed E-state index contributed by atoms with van der Waals surface area (Å²) >= 11 is 1.92. The summed E-state index contributed by atoms with van der Waals surface area (Å²) < 4.78 is 35.5. The highest BCUT2D eigenvalue weighted by Gasteiger charge is 2.56. The van der Waals surface area contributed by atoms with Gasteiger partial charge in [-0.2, -0.15) is 5.10 Å². The molecular weight excluding hydrogens is 597 g/mol. The molecule has 0 radical (unpaired) electrons. The summed E-state index contributed by atoms with van der Waals surface area (Å²) in [6.07, 6.45) is 2.49. The van der Waals surface area contributed by atoms with Crippen LogP contribution in [0.3, 0.4) is 0 Å². The maximum Gasteiger partial charge on any atom is 0.326 e.